The zero-order valence-corrected chi connectivity index (χ0v) is 17.9. The first-order chi connectivity index (χ1) is 15.1. The van der Waals surface area contributed by atoms with Crippen LogP contribution in [0, 0.1) is 0 Å². The maximum atomic E-state index is 12.4. The van der Waals surface area contributed by atoms with E-state index < -0.39 is 18.7 Å². The number of nitrogens with zero attached hydrogens (tertiary/aromatic N) is 2. The minimum absolute atomic E-state index is 0.111. The molecule has 1 atom stereocenters. The number of carbonyl (C=O) groups excluding carboxylic acids is 2. The zero-order chi connectivity index (χ0) is 23.3. The van der Waals surface area contributed by atoms with Crippen LogP contribution in [0.15, 0.2) is 48.0 Å². The Morgan fingerprint density at radius 1 is 1.16 bits per heavy atom. The second-order valence-corrected chi connectivity index (χ2v) is 7.68. The lowest BCUT2D eigenvalue weighted by Crippen LogP contribution is -2.23. The third-order valence-corrected chi connectivity index (χ3v) is 4.99. The number of thiazole rings is 1. The summed E-state index contributed by atoms with van der Waals surface area (Å²) in [5.41, 5.74) is 2.60. The fraction of sp³-hybridized carbons (Fsp3) is 0.238. The van der Waals surface area contributed by atoms with Gasteiger partial charge in [0.2, 0.25) is 11.8 Å². The Kier molecular flexibility index (Phi) is 7.08. The van der Waals surface area contributed by atoms with Crippen LogP contribution in [-0.4, -0.2) is 34.6 Å². The number of amides is 2. The summed E-state index contributed by atoms with van der Waals surface area (Å²) in [7, 11) is 0. The number of carbonyl (C=O) groups is 2. The van der Waals surface area contributed by atoms with E-state index in [1.807, 2.05) is 31.2 Å². The normalized spacial score (nSPS) is 12.2. The Bertz CT molecular complexity index is 1080. The predicted octanol–water partition coefficient (Wildman–Crippen LogP) is 4.60. The highest BCUT2D eigenvalue weighted by molar-refractivity contribution is 7.14. The fourth-order valence-corrected chi connectivity index (χ4v) is 3.43. The van der Waals surface area contributed by atoms with Gasteiger partial charge in [0.05, 0.1) is 17.3 Å². The summed E-state index contributed by atoms with van der Waals surface area (Å²) >= 11 is 1.23. The van der Waals surface area contributed by atoms with Crippen LogP contribution in [0.3, 0.4) is 0 Å². The summed E-state index contributed by atoms with van der Waals surface area (Å²) in [6, 6.07) is 9.92. The van der Waals surface area contributed by atoms with E-state index in [1.54, 1.807) is 5.38 Å². The number of pyridine rings is 1. The molecule has 0 saturated carbocycles. The lowest BCUT2D eigenvalue weighted by Gasteiger charge is -2.13. The molecule has 3 rings (SSSR count). The number of hydrogen-bond donors (Lipinski definition) is 2. The molecular formula is C21H19F3N4O3S. The molecule has 1 aromatic carbocycles. The van der Waals surface area contributed by atoms with Crippen molar-refractivity contribution in [1.29, 1.82) is 0 Å². The standard InChI is InChI=1S/C21H19F3N4O3S/c1-12(26-13(2)29)14-3-5-15(6-4-14)17-10-32-20(27-17)28-19(30)16-7-8-18(25-9-16)31-11-21(22,23)24/h3-10,12H,11H2,1-2H3,(H,26,29)(H,27,28,30). The Labute approximate surface area is 185 Å². The highest BCUT2D eigenvalue weighted by atomic mass is 32.1. The predicted molar refractivity (Wildman–Crippen MR) is 114 cm³/mol. The van der Waals surface area contributed by atoms with Crippen molar-refractivity contribution in [2.45, 2.75) is 26.1 Å². The van der Waals surface area contributed by atoms with E-state index in [9.17, 15) is 22.8 Å². The van der Waals surface area contributed by atoms with Crippen molar-refractivity contribution < 1.29 is 27.5 Å². The molecule has 7 nitrogen and oxygen atoms in total. The van der Waals surface area contributed by atoms with Crippen LogP contribution < -0.4 is 15.4 Å². The Hall–Kier alpha value is -3.47. The highest BCUT2D eigenvalue weighted by Gasteiger charge is 2.28. The molecule has 2 N–H and O–H groups in total. The molecule has 2 heterocycles. The summed E-state index contributed by atoms with van der Waals surface area (Å²) < 4.78 is 41.1. The highest BCUT2D eigenvalue weighted by Crippen LogP contribution is 2.26. The molecule has 0 aliphatic carbocycles. The number of anilines is 1. The average molecular weight is 464 g/mol. The lowest BCUT2D eigenvalue weighted by molar-refractivity contribution is -0.154. The van der Waals surface area contributed by atoms with Crippen molar-refractivity contribution in [3.63, 3.8) is 0 Å². The van der Waals surface area contributed by atoms with E-state index in [0.29, 0.717) is 10.8 Å². The maximum absolute atomic E-state index is 12.4. The molecule has 0 aliphatic rings. The number of benzene rings is 1. The fourth-order valence-electron chi connectivity index (χ4n) is 2.72. The molecule has 1 unspecified atom stereocenters. The van der Waals surface area contributed by atoms with Crippen molar-refractivity contribution >= 4 is 28.3 Å². The van der Waals surface area contributed by atoms with Gasteiger partial charge < -0.3 is 10.1 Å². The van der Waals surface area contributed by atoms with Crippen molar-refractivity contribution in [3.8, 4) is 17.1 Å². The first kappa shape index (κ1) is 23.2. The van der Waals surface area contributed by atoms with Gasteiger partial charge in [-0.05, 0) is 18.6 Å². The number of halogens is 3. The van der Waals surface area contributed by atoms with Gasteiger partial charge in [0.15, 0.2) is 11.7 Å². The van der Waals surface area contributed by atoms with Gasteiger partial charge in [-0.1, -0.05) is 24.3 Å². The molecule has 0 aliphatic heterocycles. The molecule has 11 heteroatoms. The summed E-state index contributed by atoms with van der Waals surface area (Å²) in [5, 5.41) is 7.59. The monoisotopic (exact) mass is 464 g/mol. The molecule has 168 valence electrons. The van der Waals surface area contributed by atoms with Gasteiger partial charge in [0, 0.05) is 30.1 Å². The Morgan fingerprint density at radius 2 is 1.88 bits per heavy atom. The number of rotatable bonds is 7. The molecule has 0 saturated heterocycles. The van der Waals surface area contributed by atoms with Crippen molar-refractivity contribution in [3.05, 3.63) is 59.1 Å². The third-order valence-electron chi connectivity index (χ3n) is 4.23. The van der Waals surface area contributed by atoms with Gasteiger partial charge in [-0.15, -0.1) is 11.3 Å². The molecule has 2 aromatic heterocycles. The van der Waals surface area contributed by atoms with Gasteiger partial charge in [0.25, 0.3) is 5.91 Å². The lowest BCUT2D eigenvalue weighted by atomic mass is 10.1. The number of hydrogen-bond acceptors (Lipinski definition) is 6. The molecule has 0 radical (unpaired) electrons. The molecule has 0 spiro atoms. The van der Waals surface area contributed by atoms with Gasteiger partial charge in [-0.2, -0.15) is 13.2 Å². The first-order valence-electron chi connectivity index (χ1n) is 9.40. The van der Waals surface area contributed by atoms with Crippen molar-refractivity contribution in [2.75, 3.05) is 11.9 Å². The number of nitrogens with one attached hydrogen (secondary N) is 2. The van der Waals surface area contributed by atoms with E-state index >= 15 is 0 Å². The van der Waals surface area contributed by atoms with Crippen LogP contribution in [0.2, 0.25) is 0 Å². The van der Waals surface area contributed by atoms with Crippen LogP contribution in [0.4, 0.5) is 18.3 Å². The Morgan fingerprint density at radius 3 is 2.47 bits per heavy atom. The topological polar surface area (TPSA) is 93.2 Å². The van der Waals surface area contributed by atoms with E-state index in [-0.39, 0.29) is 23.4 Å². The summed E-state index contributed by atoms with van der Waals surface area (Å²) in [4.78, 5) is 31.6. The smallest absolute Gasteiger partial charge is 0.422 e. The second-order valence-electron chi connectivity index (χ2n) is 6.83. The zero-order valence-electron chi connectivity index (χ0n) is 17.1. The van der Waals surface area contributed by atoms with Crippen LogP contribution in [0.1, 0.15) is 35.8 Å². The first-order valence-corrected chi connectivity index (χ1v) is 10.3. The molecule has 2 amide bonds. The van der Waals surface area contributed by atoms with Crippen LogP contribution in [-0.2, 0) is 4.79 Å². The average Bonchev–Trinajstić information content (AvgIpc) is 3.20. The third kappa shape index (κ3) is 6.51. The number of ether oxygens (including phenoxy) is 1. The maximum Gasteiger partial charge on any atom is 0.422 e. The minimum atomic E-state index is -4.47. The minimum Gasteiger partial charge on any atom is -0.468 e. The van der Waals surface area contributed by atoms with Gasteiger partial charge in [-0.3, -0.25) is 14.9 Å². The summed E-state index contributed by atoms with van der Waals surface area (Å²) in [5.74, 6) is -0.841. The second kappa shape index (κ2) is 9.77. The number of alkyl halides is 3. The van der Waals surface area contributed by atoms with Gasteiger partial charge in [-0.25, -0.2) is 9.97 Å². The van der Waals surface area contributed by atoms with Crippen LogP contribution in [0.5, 0.6) is 5.88 Å². The van der Waals surface area contributed by atoms with E-state index in [0.717, 1.165) is 17.3 Å². The van der Waals surface area contributed by atoms with E-state index in [2.05, 4.69) is 25.3 Å². The van der Waals surface area contributed by atoms with E-state index in [4.69, 9.17) is 0 Å². The van der Waals surface area contributed by atoms with Gasteiger partial charge >= 0.3 is 6.18 Å². The van der Waals surface area contributed by atoms with Gasteiger partial charge in [0.1, 0.15) is 0 Å². The largest absolute Gasteiger partial charge is 0.468 e. The van der Waals surface area contributed by atoms with E-state index in [1.165, 1.54) is 30.4 Å². The molecule has 0 fully saturated rings. The SMILES string of the molecule is CC(=O)NC(C)c1ccc(-c2csc(NC(=O)c3ccc(OCC(F)(F)F)nc3)n2)cc1. The molecular weight excluding hydrogens is 445 g/mol. The molecule has 32 heavy (non-hydrogen) atoms. The summed E-state index contributed by atoms with van der Waals surface area (Å²) in [6.45, 7) is 1.89. The Balaban J connectivity index is 1.61. The molecule has 0 bridgehead atoms. The van der Waals surface area contributed by atoms with Crippen LogP contribution >= 0.6 is 11.3 Å². The van der Waals surface area contributed by atoms with Crippen molar-refractivity contribution in [1.82, 2.24) is 15.3 Å². The van der Waals surface area contributed by atoms with Crippen molar-refractivity contribution in [2.24, 2.45) is 0 Å². The quantitative estimate of drug-likeness (QED) is 0.533. The van der Waals surface area contributed by atoms with Crippen LogP contribution in [0.25, 0.3) is 11.3 Å². The molecule has 3 aromatic rings. The summed E-state index contributed by atoms with van der Waals surface area (Å²) in [6.07, 6.45) is -3.34. The number of aromatic nitrogens is 2.